The highest BCUT2D eigenvalue weighted by atomic mass is 32.1. The fourth-order valence-electron chi connectivity index (χ4n) is 4.68. The van der Waals surface area contributed by atoms with E-state index in [9.17, 15) is 9.59 Å². The van der Waals surface area contributed by atoms with Crippen molar-refractivity contribution < 1.29 is 14.3 Å². The smallest absolute Gasteiger partial charge is 0.252 e. The summed E-state index contributed by atoms with van der Waals surface area (Å²) >= 11 is 1.73. The number of nitrogens with one attached hydrogen (secondary N) is 2. The van der Waals surface area contributed by atoms with Crippen LogP contribution in [-0.2, 0) is 16.0 Å². The minimum atomic E-state index is -0.577. The molecule has 2 aromatic heterocycles. The summed E-state index contributed by atoms with van der Waals surface area (Å²) < 4.78 is 7.96. The minimum Gasteiger partial charge on any atom is -0.381 e. The van der Waals surface area contributed by atoms with Crippen molar-refractivity contribution in [3.8, 4) is 0 Å². The normalized spacial score (nSPS) is 14.3. The van der Waals surface area contributed by atoms with Gasteiger partial charge < -0.3 is 19.9 Å². The van der Waals surface area contributed by atoms with Crippen LogP contribution in [0.5, 0.6) is 0 Å². The molecule has 0 aliphatic heterocycles. The predicted octanol–water partition coefficient (Wildman–Crippen LogP) is 5.49. The maximum absolute atomic E-state index is 13.1. The Morgan fingerprint density at radius 1 is 1.16 bits per heavy atom. The van der Waals surface area contributed by atoms with Crippen LogP contribution in [0, 0.1) is 5.92 Å². The SMILES string of the molecule is CCC(CC)n1c(Cc2cccs2)nc2cc(C(=O)N[C@@H](CC)C(=O)NCCCOCC3CC3)ccc21. The lowest BCUT2D eigenvalue weighted by molar-refractivity contribution is -0.123. The summed E-state index contributed by atoms with van der Waals surface area (Å²) in [4.78, 5) is 32.0. The van der Waals surface area contributed by atoms with Crippen LogP contribution in [0.15, 0.2) is 35.7 Å². The van der Waals surface area contributed by atoms with Crippen LogP contribution in [0.3, 0.4) is 0 Å². The molecule has 2 heterocycles. The molecule has 2 amide bonds. The van der Waals surface area contributed by atoms with E-state index in [2.05, 4.69) is 46.6 Å². The first-order chi connectivity index (χ1) is 18.0. The van der Waals surface area contributed by atoms with Crippen LogP contribution < -0.4 is 10.6 Å². The molecule has 2 N–H and O–H groups in total. The first-order valence-electron chi connectivity index (χ1n) is 13.7. The second kappa shape index (κ2) is 13.2. The molecule has 0 saturated heterocycles. The molecule has 0 radical (unpaired) electrons. The first-order valence-corrected chi connectivity index (χ1v) is 14.6. The van der Waals surface area contributed by atoms with Gasteiger partial charge in [0.25, 0.3) is 5.91 Å². The Bertz CT molecular complexity index is 1170. The van der Waals surface area contributed by atoms with E-state index < -0.39 is 6.04 Å². The van der Waals surface area contributed by atoms with Crippen molar-refractivity contribution in [3.05, 3.63) is 52.0 Å². The van der Waals surface area contributed by atoms with Gasteiger partial charge in [-0.1, -0.05) is 26.8 Å². The number of nitrogens with zero attached hydrogens (tertiary/aromatic N) is 2. The van der Waals surface area contributed by atoms with E-state index in [4.69, 9.17) is 9.72 Å². The fraction of sp³-hybridized carbons (Fsp3) is 0.552. The standard InChI is InChI=1S/C29H40N4O3S/c1-4-22(5-2)33-26-13-12-21(17-25(26)31-27(33)18-23-9-7-16-37-23)28(34)32-24(6-3)29(35)30-14-8-15-36-19-20-10-11-20/h7,9,12-13,16-17,20,22,24H,4-6,8,10-11,14-15,18-19H2,1-3H3,(H,30,35)(H,32,34)/t24-/m0/s1. The molecule has 8 heteroatoms. The number of carbonyl (C=O) groups is 2. The van der Waals surface area contributed by atoms with Crippen molar-refractivity contribution >= 4 is 34.2 Å². The van der Waals surface area contributed by atoms with E-state index in [1.807, 2.05) is 25.1 Å². The van der Waals surface area contributed by atoms with Gasteiger partial charge in [0, 0.05) is 42.7 Å². The number of carbonyl (C=O) groups excluding carboxylic acids is 2. The molecule has 37 heavy (non-hydrogen) atoms. The summed E-state index contributed by atoms with van der Waals surface area (Å²) in [6.07, 6.45) is 6.64. The molecule has 1 atom stereocenters. The Morgan fingerprint density at radius 3 is 2.65 bits per heavy atom. The molecular formula is C29H40N4O3S. The van der Waals surface area contributed by atoms with Crippen LogP contribution in [0.4, 0.5) is 0 Å². The van der Waals surface area contributed by atoms with E-state index >= 15 is 0 Å². The van der Waals surface area contributed by atoms with E-state index in [0.717, 1.165) is 55.1 Å². The topological polar surface area (TPSA) is 85.2 Å². The van der Waals surface area contributed by atoms with Gasteiger partial charge >= 0.3 is 0 Å². The lowest BCUT2D eigenvalue weighted by atomic mass is 10.1. The van der Waals surface area contributed by atoms with Gasteiger partial charge in [0.05, 0.1) is 11.0 Å². The molecule has 1 aliphatic rings. The highest BCUT2D eigenvalue weighted by Crippen LogP contribution is 2.29. The Hall–Kier alpha value is -2.71. The molecule has 0 spiro atoms. The second-order valence-corrected chi connectivity index (χ2v) is 11.0. The van der Waals surface area contributed by atoms with E-state index in [0.29, 0.717) is 31.2 Å². The highest BCUT2D eigenvalue weighted by Gasteiger charge is 2.23. The van der Waals surface area contributed by atoms with Gasteiger partial charge in [0.1, 0.15) is 11.9 Å². The molecule has 0 bridgehead atoms. The third-order valence-corrected chi connectivity index (χ3v) is 7.97. The van der Waals surface area contributed by atoms with E-state index in [1.165, 1.54) is 17.7 Å². The quantitative estimate of drug-likeness (QED) is 0.258. The van der Waals surface area contributed by atoms with E-state index in [-0.39, 0.29) is 11.8 Å². The molecular weight excluding hydrogens is 484 g/mol. The summed E-state index contributed by atoms with van der Waals surface area (Å²) in [6.45, 7) is 8.33. The van der Waals surface area contributed by atoms with Crippen LogP contribution in [0.25, 0.3) is 11.0 Å². The van der Waals surface area contributed by atoms with Gasteiger partial charge in [-0.05, 0) is 74.1 Å². The number of ether oxygens (including phenoxy) is 1. The number of amides is 2. The van der Waals surface area contributed by atoms with Crippen LogP contribution in [0.1, 0.15) is 86.4 Å². The summed E-state index contributed by atoms with van der Waals surface area (Å²) in [5.41, 5.74) is 2.38. The Labute approximate surface area is 224 Å². The largest absolute Gasteiger partial charge is 0.381 e. The summed E-state index contributed by atoms with van der Waals surface area (Å²) in [6, 6.07) is 9.67. The van der Waals surface area contributed by atoms with Crippen molar-refractivity contribution in [3.63, 3.8) is 0 Å². The Morgan fingerprint density at radius 2 is 1.97 bits per heavy atom. The Kier molecular flexibility index (Phi) is 9.75. The van der Waals surface area contributed by atoms with E-state index in [1.54, 1.807) is 11.3 Å². The lowest BCUT2D eigenvalue weighted by Crippen LogP contribution is -2.46. The monoisotopic (exact) mass is 524 g/mol. The van der Waals surface area contributed by atoms with Crippen molar-refractivity contribution in [2.45, 2.75) is 77.8 Å². The number of thiophene rings is 1. The van der Waals surface area contributed by atoms with Crippen molar-refractivity contribution in [2.75, 3.05) is 19.8 Å². The zero-order valence-corrected chi connectivity index (χ0v) is 23.1. The zero-order chi connectivity index (χ0) is 26.2. The third-order valence-electron chi connectivity index (χ3n) is 7.09. The first kappa shape index (κ1) is 27.3. The third kappa shape index (κ3) is 7.20. The number of aromatic nitrogens is 2. The zero-order valence-electron chi connectivity index (χ0n) is 22.3. The molecule has 1 aromatic carbocycles. The minimum absolute atomic E-state index is 0.157. The molecule has 200 valence electrons. The highest BCUT2D eigenvalue weighted by molar-refractivity contribution is 7.09. The van der Waals surface area contributed by atoms with Crippen LogP contribution in [-0.4, -0.2) is 47.2 Å². The number of rotatable bonds is 15. The van der Waals surface area contributed by atoms with Gasteiger partial charge in [-0.2, -0.15) is 0 Å². The molecule has 0 unspecified atom stereocenters. The molecule has 1 aliphatic carbocycles. The number of hydrogen-bond donors (Lipinski definition) is 2. The van der Waals surface area contributed by atoms with Gasteiger partial charge in [-0.15, -0.1) is 11.3 Å². The average Bonchev–Trinajstić information content (AvgIpc) is 3.46. The summed E-state index contributed by atoms with van der Waals surface area (Å²) in [5, 5.41) is 7.93. The maximum atomic E-state index is 13.1. The number of benzene rings is 1. The molecule has 3 aromatic rings. The maximum Gasteiger partial charge on any atom is 0.252 e. The average molecular weight is 525 g/mol. The summed E-state index contributed by atoms with van der Waals surface area (Å²) in [7, 11) is 0. The number of hydrogen-bond acceptors (Lipinski definition) is 5. The van der Waals surface area contributed by atoms with Gasteiger partial charge in [0.15, 0.2) is 0 Å². The molecule has 4 rings (SSSR count). The predicted molar refractivity (Wildman–Crippen MR) is 149 cm³/mol. The van der Waals surface area contributed by atoms with Crippen molar-refractivity contribution in [2.24, 2.45) is 5.92 Å². The van der Waals surface area contributed by atoms with Gasteiger partial charge in [-0.3, -0.25) is 9.59 Å². The lowest BCUT2D eigenvalue weighted by Gasteiger charge is -2.19. The number of fused-ring (bicyclic) bond motifs is 1. The van der Waals surface area contributed by atoms with Crippen molar-refractivity contribution in [1.29, 1.82) is 0 Å². The molecule has 7 nitrogen and oxygen atoms in total. The van der Waals surface area contributed by atoms with Crippen molar-refractivity contribution in [1.82, 2.24) is 20.2 Å². The summed E-state index contributed by atoms with van der Waals surface area (Å²) in [5.74, 6) is 1.36. The molecule has 1 saturated carbocycles. The van der Waals surface area contributed by atoms with Crippen LogP contribution in [0.2, 0.25) is 0 Å². The van der Waals surface area contributed by atoms with Gasteiger partial charge in [-0.25, -0.2) is 4.98 Å². The van der Waals surface area contributed by atoms with Crippen LogP contribution >= 0.6 is 11.3 Å². The second-order valence-electron chi connectivity index (χ2n) is 9.93. The van der Waals surface area contributed by atoms with Gasteiger partial charge in [0.2, 0.25) is 5.91 Å². The number of imidazole rings is 1. The Balaban J connectivity index is 1.41. The fourth-order valence-corrected chi connectivity index (χ4v) is 5.38. The molecule has 1 fully saturated rings.